The van der Waals surface area contributed by atoms with Crippen LogP contribution < -0.4 is 10.1 Å². The molecule has 7 heteroatoms. The van der Waals surface area contributed by atoms with Crippen LogP contribution in [0.4, 0.5) is 5.69 Å². The quantitative estimate of drug-likeness (QED) is 0.452. The Balaban J connectivity index is 1.58. The van der Waals surface area contributed by atoms with Crippen LogP contribution in [-0.4, -0.2) is 28.0 Å². The van der Waals surface area contributed by atoms with Crippen molar-refractivity contribution in [1.82, 2.24) is 15.0 Å². The van der Waals surface area contributed by atoms with Gasteiger partial charge in [-0.25, -0.2) is 0 Å². The number of hydrogen-bond acceptors (Lipinski definition) is 4. The van der Waals surface area contributed by atoms with Gasteiger partial charge in [-0.05, 0) is 89.3 Å². The van der Waals surface area contributed by atoms with Crippen LogP contribution in [0.25, 0.3) is 16.7 Å². The fourth-order valence-electron chi connectivity index (χ4n) is 2.63. The van der Waals surface area contributed by atoms with Gasteiger partial charge in [-0.1, -0.05) is 0 Å². The summed E-state index contributed by atoms with van der Waals surface area (Å²) in [5, 5.41) is 11.9. The summed E-state index contributed by atoms with van der Waals surface area (Å²) in [6.07, 6.45) is 0. The number of halogens is 1. The molecule has 1 heterocycles. The van der Waals surface area contributed by atoms with Gasteiger partial charge in [-0.15, -0.1) is 10.2 Å². The minimum absolute atomic E-state index is 0.159. The van der Waals surface area contributed by atoms with E-state index in [0.29, 0.717) is 16.8 Å². The molecule has 1 amide bonds. The number of amides is 1. The molecule has 4 rings (SSSR count). The Morgan fingerprint density at radius 2 is 1.67 bits per heavy atom. The van der Waals surface area contributed by atoms with Gasteiger partial charge >= 0.3 is 0 Å². The van der Waals surface area contributed by atoms with Crippen LogP contribution >= 0.6 is 22.6 Å². The maximum atomic E-state index is 12.4. The molecule has 0 unspecified atom stereocenters. The normalized spacial score (nSPS) is 10.7. The summed E-state index contributed by atoms with van der Waals surface area (Å²) in [5.74, 6) is 0.615. The number of fused-ring (bicyclic) bond motifs is 1. The van der Waals surface area contributed by atoms with Gasteiger partial charge in [0, 0.05) is 14.8 Å². The lowest BCUT2D eigenvalue weighted by Crippen LogP contribution is -2.11. The Kier molecular flexibility index (Phi) is 4.76. The molecule has 0 aliphatic carbocycles. The summed E-state index contributed by atoms with van der Waals surface area (Å²) < 4.78 is 6.25. The SMILES string of the molecule is COc1ccc(-n2nc3ccc(NC(=O)c4ccc(I)cc4)cc3n2)cc1. The van der Waals surface area contributed by atoms with Crippen molar-refractivity contribution in [2.24, 2.45) is 0 Å². The summed E-state index contributed by atoms with van der Waals surface area (Å²) in [5.41, 5.74) is 3.56. The molecule has 0 atom stereocenters. The number of benzene rings is 3. The second-order valence-electron chi connectivity index (χ2n) is 5.85. The third kappa shape index (κ3) is 3.77. The predicted molar refractivity (Wildman–Crippen MR) is 113 cm³/mol. The van der Waals surface area contributed by atoms with E-state index in [0.717, 1.165) is 20.5 Å². The maximum Gasteiger partial charge on any atom is 0.255 e. The number of carbonyl (C=O) groups is 1. The van der Waals surface area contributed by atoms with Crippen LogP contribution in [0.1, 0.15) is 10.4 Å². The van der Waals surface area contributed by atoms with Crippen LogP contribution in [0.3, 0.4) is 0 Å². The Bertz CT molecular complexity index is 1110. The molecule has 0 saturated heterocycles. The third-order valence-electron chi connectivity index (χ3n) is 4.05. The number of ether oxygens (including phenoxy) is 1. The first-order valence-electron chi connectivity index (χ1n) is 8.21. The highest BCUT2D eigenvalue weighted by molar-refractivity contribution is 14.1. The van der Waals surface area contributed by atoms with E-state index in [9.17, 15) is 4.79 Å². The maximum absolute atomic E-state index is 12.4. The van der Waals surface area contributed by atoms with E-state index in [1.807, 2.05) is 54.6 Å². The number of carbonyl (C=O) groups excluding carboxylic acids is 1. The fourth-order valence-corrected chi connectivity index (χ4v) is 2.99. The average molecular weight is 470 g/mol. The van der Waals surface area contributed by atoms with Gasteiger partial charge in [-0.3, -0.25) is 4.79 Å². The van der Waals surface area contributed by atoms with Crippen molar-refractivity contribution < 1.29 is 9.53 Å². The zero-order valence-corrected chi connectivity index (χ0v) is 16.5. The van der Waals surface area contributed by atoms with Crippen LogP contribution in [0.5, 0.6) is 5.75 Å². The molecule has 0 aliphatic rings. The average Bonchev–Trinajstić information content (AvgIpc) is 3.12. The zero-order chi connectivity index (χ0) is 18.8. The van der Waals surface area contributed by atoms with E-state index in [-0.39, 0.29) is 5.91 Å². The number of rotatable bonds is 4. The standard InChI is InChI=1S/C20H15IN4O2/c1-27-17-9-7-16(8-10-17)25-23-18-11-6-15(12-19(18)24-25)22-20(26)13-2-4-14(21)5-3-13/h2-12H,1H3,(H,22,26). The highest BCUT2D eigenvalue weighted by Gasteiger charge is 2.09. The van der Waals surface area contributed by atoms with Gasteiger partial charge in [-0.2, -0.15) is 4.80 Å². The van der Waals surface area contributed by atoms with Crippen LogP contribution in [0, 0.1) is 3.57 Å². The molecule has 0 saturated carbocycles. The summed E-state index contributed by atoms with van der Waals surface area (Å²) in [6.45, 7) is 0. The van der Waals surface area contributed by atoms with E-state index >= 15 is 0 Å². The first kappa shape index (κ1) is 17.5. The fraction of sp³-hybridized carbons (Fsp3) is 0.0500. The van der Waals surface area contributed by atoms with Crippen molar-refractivity contribution in [2.75, 3.05) is 12.4 Å². The van der Waals surface area contributed by atoms with Gasteiger partial charge in [0.1, 0.15) is 16.8 Å². The number of aromatic nitrogens is 3. The summed E-state index contributed by atoms with van der Waals surface area (Å²) in [7, 11) is 1.63. The highest BCUT2D eigenvalue weighted by atomic mass is 127. The minimum atomic E-state index is -0.159. The van der Waals surface area contributed by atoms with Crippen molar-refractivity contribution in [3.8, 4) is 11.4 Å². The number of nitrogens with zero attached hydrogens (tertiary/aromatic N) is 3. The predicted octanol–water partition coefficient (Wildman–Crippen LogP) is 4.29. The van der Waals surface area contributed by atoms with E-state index in [1.165, 1.54) is 0 Å². The highest BCUT2D eigenvalue weighted by Crippen LogP contribution is 2.20. The molecule has 0 radical (unpaired) electrons. The molecule has 6 nitrogen and oxygen atoms in total. The Morgan fingerprint density at radius 1 is 0.963 bits per heavy atom. The van der Waals surface area contributed by atoms with Crippen molar-refractivity contribution in [1.29, 1.82) is 0 Å². The summed E-state index contributed by atoms with van der Waals surface area (Å²) >= 11 is 2.21. The van der Waals surface area contributed by atoms with E-state index < -0.39 is 0 Å². The van der Waals surface area contributed by atoms with Gasteiger partial charge in [0.15, 0.2) is 0 Å². The number of nitrogens with one attached hydrogen (secondary N) is 1. The molecule has 0 spiro atoms. The Labute approximate surface area is 169 Å². The van der Waals surface area contributed by atoms with Crippen molar-refractivity contribution in [3.05, 3.63) is 75.9 Å². The van der Waals surface area contributed by atoms with E-state index in [2.05, 4.69) is 38.1 Å². The molecule has 0 aliphatic heterocycles. The molecule has 4 aromatic rings. The monoisotopic (exact) mass is 470 g/mol. The largest absolute Gasteiger partial charge is 0.497 e. The first-order chi connectivity index (χ1) is 13.1. The Hall–Kier alpha value is -2.94. The van der Waals surface area contributed by atoms with Crippen molar-refractivity contribution in [3.63, 3.8) is 0 Å². The molecule has 3 aromatic carbocycles. The molecular weight excluding hydrogens is 455 g/mol. The van der Waals surface area contributed by atoms with Crippen LogP contribution in [-0.2, 0) is 0 Å². The second-order valence-corrected chi connectivity index (χ2v) is 7.10. The minimum Gasteiger partial charge on any atom is -0.497 e. The Morgan fingerprint density at radius 3 is 2.37 bits per heavy atom. The molecule has 134 valence electrons. The van der Waals surface area contributed by atoms with Crippen LogP contribution in [0.15, 0.2) is 66.7 Å². The number of methoxy groups -OCH3 is 1. The van der Waals surface area contributed by atoms with Gasteiger partial charge in [0.25, 0.3) is 5.91 Å². The van der Waals surface area contributed by atoms with Gasteiger partial charge in [0.05, 0.1) is 12.8 Å². The molecule has 1 N–H and O–H groups in total. The molecule has 1 aromatic heterocycles. The zero-order valence-electron chi connectivity index (χ0n) is 14.4. The van der Waals surface area contributed by atoms with Crippen molar-refractivity contribution in [2.45, 2.75) is 0 Å². The van der Waals surface area contributed by atoms with Gasteiger partial charge < -0.3 is 10.1 Å². The van der Waals surface area contributed by atoms with Crippen molar-refractivity contribution >= 4 is 45.2 Å². The lowest BCUT2D eigenvalue weighted by atomic mass is 10.2. The third-order valence-corrected chi connectivity index (χ3v) is 4.77. The number of hydrogen-bond donors (Lipinski definition) is 1. The first-order valence-corrected chi connectivity index (χ1v) is 9.29. The molecule has 0 fully saturated rings. The smallest absolute Gasteiger partial charge is 0.255 e. The van der Waals surface area contributed by atoms with E-state index in [4.69, 9.17) is 4.74 Å². The topological polar surface area (TPSA) is 69.0 Å². The van der Waals surface area contributed by atoms with E-state index in [1.54, 1.807) is 24.0 Å². The summed E-state index contributed by atoms with van der Waals surface area (Å²) in [4.78, 5) is 13.9. The second kappa shape index (κ2) is 7.36. The number of anilines is 1. The lowest BCUT2D eigenvalue weighted by molar-refractivity contribution is 0.102. The van der Waals surface area contributed by atoms with Gasteiger partial charge in [0.2, 0.25) is 0 Å². The summed E-state index contributed by atoms with van der Waals surface area (Å²) in [6, 6.07) is 20.4. The molecule has 0 bridgehead atoms. The van der Waals surface area contributed by atoms with Crippen LogP contribution in [0.2, 0.25) is 0 Å². The molecule has 27 heavy (non-hydrogen) atoms. The lowest BCUT2D eigenvalue weighted by Gasteiger charge is -2.05. The molecular formula is C20H15IN4O2.